The van der Waals surface area contributed by atoms with Gasteiger partial charge in [-0.1, -0.05) is 39.0 Å². The highest BCUT2D eigenvalue weighted by atomic mass is 32.1. The smallest absolute Gasteiger partial charge is 0.265 e. The van der Waals surface area contributed by atoms with Gasteiger partial charge >= 0.3 is 0 Å². The first-order chi connectivity index (χ1) is 12.7. The van der Waals surface area contributed by atoms with Crippen LogP contribution < -0.4 is 0 Å². The summed E-state index contributed by atoms with van der Waals surface area (Å²) in [6.07, 6.45) is 1.69. The molecular weight excluding hydrogens is 356 g/mol. The van der Waals surface area contributed by atoms with E-state index in [9.17, 15) is 4.79 Å². The lowest BCUT2D eigenvalue weighted by atomic mass is 9.98. The third kappa shape index (κ3) is 3.95. The standard InChI is InChI=1S/C21H26N4OS/c1-14-17(15(2)25(23-14)16-10-8-7-9-11-16)13-24(6)19(26)18-12-22-20(27-18)21(3,4)5/h7-12H,13H2,1-6H3. The highest BCUT2D eigenvalue weighted by Crippen LogP contribution is 2.28. The van der Waals surface area contributed by atoms with Crippen LogP contribution in [0.2, 0.25) is 0 Å². The number of hydrogen-bond acceptors (Lipinski definition) is 4. The molecule has 0 saturated heterocycles. The fraction of sp³-hybridized carbons (Fsp3) is 0.381. The lowest BCUT2D eigenvalue weighted by Gasteiger charge is -2.17. The molecule has 0 N–H and O–H groups in total. The van der Waals surface area contributed by atoms with Gasteiger partial charge in [-0.2, -0.15) is 5.10 Å². The quantitative estimate of drug-likeness (QED) is 0.667. The minimum atomic E-state index is -0.0498. The van der Waals surface area contributed by atoms with Gasteiger partial charge in [-0.15, -0.1) is 11.3 Å². The first-order valence-electron chi connectivity index (χ1n) is 9.00. The second-order valence-corrected chi connectivity index (χ2v) is 8.87. The molecule has 1 amide bonds. The number of rotatable bonds is 4. The highest BCUT2D eigenvalue weighted by Gasteiger charge is 2.23. The van der Waals surface area contributed by atoms with E-state index in [0.29, 0.717) is 11.4 Å². The second-order valence-electron chi connectivity index (χ2n) is 7.84. The maximum atomic E-state index is 12.9. The molecule has 0 fully saturated rings. The third-order valence-electron chi connectivity index (χ3n) is 4.54. The van der Waals surface area contributed by atoms with Crippen molar-refractivity contribution < 1.29 is 4.79 Å². The molecule has 142 valence electrons. The van der Waals surface area contributed by atoms with Crippen molar-refractivity contribution in [2.24, 2.45) is 0 Å². The Morgan fingerprint density at radius 3 is 2.44 bits per heavy atom. The predicted octanol–water partition coefficient (Wildman–Crippen LogP) is 4.52. The summed E-state index contributed by atoms with van der Waals surface area (Å²) < 4.78 is 1.94. The van der Waals surface area contributed by atoms with Crippen LogP contribution >= 0.6 is 11.3 Å². The second kappa shape index (κ2) is 7.27. The number of para-hydroxylation sites is 1. The first kappa shape index (κ1) is 19.3. The van der Waals surface area contributed by atoms with Crippen LogP contribution in [0.4, 0.5) is 0 Å². The molecule has 0 aliphatic heterocycles. The van der Waals surface area contributed by atoms with Crippen molar-refractivity contribution in [3.8, 4) is 5.69 Å². The molecule has 27 heavy (non-hydrogen) atoms. The van der Waals surface area contributed by atoms with E-state index in [2.05, 4.69) is 30.9 Å². The number of aromatic nitrogens is 3. The van der Waals surface area contributed by atoms with Crippen LogP contribution in [-0.2, 0) is 12.0 Å². The molecule has 0 aliphatic carbocycles. The Hall–Kier alpha value is -2.47. The summed E-state index contributed by atoms with van der Waals surface area (Å²) in [7, 11) is 1.83. The van der Waals surface area contributed by atoms with E-state index in [1.54, 1.807) is 11.1 Å². The summed E-state index contributed by atoms with van der Waals surface area (Å²) in [4.78, 5) is 19.7. The minimum absolute atomic E-state index is 0.00531. The zero-order valence-electron chi connectivity index (χ0n) is 16.8. The Morgan fingerprint density at radius 2 is 1.85 bits per heavy atom. The number of nitrogens with zero attached hydrogens (tertiary/aromatic N) is 4. The van der Waals surface area contributed by atoms with E-state index in [4.69, 9.17) is 0 Å². The van der Waals surface area contributed by atoms with Crippen LogP contribution in [-0.4, -0.2) is 32.6 Å². The molecular formula is C21H26N4OS. The van der Waals surface area contributed by atoms with E-state index < -0.39 is 0 Å². The van der Waals surface area contributed by atoms with Crippen LogP contribution in [0.5, 0.6) is 0 Å². The highest BCUT2D eigenvalue weighted by molar-refractivity contribution is 7.13. The molecule has 0 saturated carbocycles. The fourth-order valence-corrected chi connectivity index (χ4v) is 3.91. The lowest BCUT2D eigenvalue weighted by molar-refractivity contribution is 0.0789. The van der Waals surface area contributed by atoms with Crippen molar-refractivity contribution >= 4 is 17.2 Å². The average molecular weight is 383 g/mol. The van der Waals surface area contributed by atoms with Gasteiger partial charge in [0.2, 0.25) is 0 Å². The fourth-order valence-electron chi connectivity index (χ4n) is 2.94. The largest absolute Gasteiger partial charge is 0.336 e. The van der Waals surface area contributed by atoms with E-state index in [1.807, 2.05) is 55.9 Å². The van der Waals surface area contributed by atoms with Gasteiger partial charge < -0.3 is 4.90 Å². The van der Waals surface area contributed by atoms with Crippen LogP contribution in [0.15, 0.2) is 36.5 Å². The number of carbonyl (C=O) groups excluding carboxylic acids is 1. The van der Waals surface area contributed by atoms with Crippen molar-refractivity contribution in [1.82, 2.24) is 19.7 Å². The molecule has 2 heterocycles. The molecule has 3 rings (SSSR count). The molecule has 0 bridgehead atoms. The Kier molecular flexibility index (Phi) is 5.20. The first-order valence-corrected chi connectivity index (χ1v) is 9.82. The molecule has 5 nitrogen and oxygen atoms in total. The molecule has 0 spiro atoms. The topological polar surface area (TPSA) is 51.0 Å². The maximum absolute atomic E-state index is 12.9. The zero-order chi connectivity index (χ0) is 19.8. The summed E-state index contributed by atoms with van der Waals surface area (Å²) >= 11 is 1.47. The van der Waals surface area contributed by atoms with Crippen molar-refractivity contribution in [1.29, 1.82) is 0 Å². The number of amides is 1. The monoisotopic (exact) mass is 382 g/mol. The maximum Gasteiger partial charge on any atom is 0.265 e. The van der Waals surface area contributed by atoms with Gasteiger partial charge in [0.15, 0.2) is 0 Å². The van der Waals surface area contributed by atoms with Crippen LogP contribution in [0.25, 0.3) is 5.69 Å². The van der Waals surface area contributed by atoms with Crippen molar-refractivity contribution in [3.05, 3.63) is 63.4 Å². The van der Waals surface area contributed by atoms with Crippen molar-refractivity contribution in [2.75, 3.05) is 7.05 Å². The van der Waals surface area contributed by atoms with Gasteiger partial charge in [0.25, 0.3) is 5.91 Å². The Morgan fingerprint density at radius 1 is 1.19 bits per heavy atom. The minimum Gasteiger partial charge on any atom is -0.336 e. The van der Waals surface area contributed by atoms with Crippen molar-refractivity contribution in [3.63, 3.8) is 0 Å². The number of thiazole rings is 1. The molecule has 0 unspecified atom stereocenters. The Bertz CT molecular complexity index is 950. The number of benzene rings is 1. The van der Waals surface area contributed by atoms with Crippen LogP contribution in [0, 0.1) is 13.8 Å². The molecule has 3 aromatic rings. The van der Waals surface area contributed by atoms with Crippen LogP contribution in [0.3, 0.4) is 0 Å². The molecule has 1 aromatic carbocycles. The van der Waals surface area contributed by atoms with E-state index in [1.165, 1.54) is 11.3 Å². The molecule has 6 heteroatoms. The van der Waals surface area contributed by atoms with E-state index >= 15 is 0 Å². The molecule has 0 radical (unpaired) electrons. The number of aryl methyl sites for hydroxylation is 1. The molecule has 0 aliphatic rings. The zero-order valence-corrected chi connectivity index (χ0v) is 17.6. The predicted molar refractivity (Wildman–Crippen MR) is 110 cm³/mol. The summed E-state index contributed by atoms with van der Waals surface area (Å²) in [6.45, 7) is 10.9. The molecule has 2 aromatic heterocycles. The van der Waals surface area contributed by atoms with Crippen molar-refractivity contribution in [2.45, 2.75) is 46.6 Å². The lowest BCUT2D eigenvalue weighted by Crippen LogP contribution is -2.26. The van der Waals surface area contributed by atoms with E-state index in [0.717, 1.165) is 27.6 Å². The number of hydrogen-bond donors (Lipinski definition) is 0. The summed E-state index contributed by atoms with van der Waals surface area (Å²) in [5.74, 6) is -0.00531. The van der Waals surface area contributed by atoms with Gasteiger partial charge in [-0.25, -0.2) is 9.67 Å². The molecule has 0 atom stereocenters. The van der Waals surface area contributed by atoms with Gasteiger partial charge in [0.1, 0.15) is 4.88 Å². The summed E-state index contributed by atoms with van der Waals surface area (Å²) in [5, 5.41) is 5.65. The van der Waals surface area contributed by atoms with Gasteiger partial charge in [-0.3, -0.25) is 4.79 Å². The van der Waals surface area contributed by atoms with Gasteiger partial charge in [0, 0.05) is 30.3 Å². The Labute approximate surface area is 164 Å². The van der Waals surface area contributed by atoms with Gasteiger partial charge in [-0.05, 0) is 26.0 Å². The van der Waals surface area contributed by atoms with E-state index in [-0.39, 0.29) is 11.3 Å². The van der Waals surface area contributed by atoms with Gasteiger partial charge in [0.05, 0.1) is 22.6 Å². The summed E-state index contributed by atoms with van der Waals surface area (Å²) in [5.41, 5.74) is 4.05. The third-order valence-corrected chi connectivity index (χ3v) is 5.95. The average Bonchev–Trinajstić information content (AvgIpc) is 3.22. The van der Waals surface area contributed by atoms with Crippen LogP contribution in [0.1, 0.15) is 52.4 Å². The SMILES string of the molecule is Cc1nn(-c2ccccc2)c(C)c1CN(C)C(=O)c1cnc(C(C)(C)C)s1. The Balaban J connectivity index is 1.82. The summed E-state index contributed by atoms with van der Waals surface area (Å²) in [6, 6.07) is 10.0. The normalized spacial score (nSPS) is 11.6. The number of carbonyl (C=O) groups is 1.